The van der Waals surface area contributed by atoms with E-state index in [1.54, 1.807) is 0 Å². The molecule has 2 aliphatic rings. The first-order valence-corrected chi connectivity index (χ1v) is 5.67. The Morgan fingerprint density at radius 1 is 1.29 bits per heavy atom. The number of ether oxygens (including phenoxy) is 2. The lowest BCUT2D eigenvalue weighted by Crippen LogP contribution is -2.57. The molecule has 0 aromatic heterocycles. The highest BCUT2D eigenvalue weighted by Gasteiger charge is 2.44. The second kappa shape index (κ2) is 3.80. The third-order valence-electron chi connectivity index (χ3n) is 3.50. The molecule has 0 aliphatic carbocycles. The number of nitrogens with one attached hydrogen (secondary N) is 1. The average molecular weight is 199 g/mol. The Kier molecular flexibility index (Phi) is 2.82. The van der Waals surface area contributed by atoms with Crippen LogP contribution < -0.4 is 5.32 Å². The number of piperidine rings is 1. The van der Waals surface area contributed by atoms with Gasteiger partial charge in [0.15, 0.2) is 0 Å². The Hall–Kier alpha value is -0.120. The minimum atomic E-state index is 0.0338. The molecule has 0 spiro atoms. The lowest BCUT2D eigenvalue weighted by Gasteiger charge is -2.48. The van der Waals surface area contributed by atoms with Gasteiger partial charge in [-0.05, 0) is 39.3 Å². The number of hydrogen-bond acceptors (Lipinski definition) is 3. The van der Waals surface area contributed by atoms with Crippen molar-refractivity contribution in [3.05, 3.63) is 0 Å². The molecule has 0 atom stereocenters. The first-order chi connectivity index (χ1) is 6.68. The summed E-state index contributed by atoms with van der Waals surface area (Å²) in [6, 6.07) is 0. The van der Waals surface area contributed by atoms with Crippen molar-refractivity contribution in [2.75, 3.05) is 26.3 Å². The van der Waals surface area contributed by atoms with E-state index in [-0.39, 0.29) is 11.2 Å². The Morgan fingerprint density at radius 3 is 2.36 bits per heavy atom. The molecular formula is C11H21NO2. The molecule has 2 aliphatic heterocycles. The molecule has 82 valence electrons. The Labute approximate surface area is 86.2 Å². The van der Waals surface area contributed by atoms with Crippen molar-refractivity contribution in [2.45, 2.75) is 44.3 Å². The summed E-state index contributed by atoms with van der Waals surface area (Å²) in [7, 11) is 0. The van der Waals surface area contributed by atoms with E-state index in [1.165, 1.54) is 0 Å². The zero-order valence-electron chi connectivity index (χ0n) is 9.27. The van der Waals surface area contributed by atoms with Crippen LogP contribution in [0.2, 0.25) is 0 Å². The molecule has 1 N–H and O–H groups in total. The molecule has 2 heterocycles. The van der Waals surface area contributed by atoms with Gasteiger partial charge in [-0.1, -0.05) is 6.92 Å². The largest absolute Gasteiger partial charge is 0.375 e. The van der Waals surface area contributed by atoms with E-state index in [2.05, 4.69) is 19.2 Å². The second-order valence-corrected chi connectivity index (χ2v) is 4.83. The van der Waals surface area contributed by atoms with E-state index < -0.39 is 0 Å². The highest BCUT2D eigenvalue weighted by atomic mass is 16.6. The summed E-state index contributed by atoms with van der Waals surface area (Å²) >= 11 is 0. The molecule has 3 nitrogen and oxygen atoms in total. The topological polar surface area (TPSA) is 30.5 Å². The number of hydrogen-bond donors (Lipinski definition) is 1. The molecule has 2 rings (SSSR count). The summed E-state index contributed by atoms with van der Waals surface area (Å²) in [5.41, 5.74) is 0.108. The van der Waals surface area contributed by atoms with Crippen molar-refractivity contribution in [1.82, 2.24) is 5.32 Å². The van der Waals surface area contributed by atoms with Crippen LogP contribution in [0, 0.1) is 0 Å². The van der Waals surface area contributed by atoms with Crippen LogP contribution in [0.5, 0.6) is 0 Å². The maximum Gasteiger partial charge on any atom is 0.115 e. The molecule has 2 saturated heterocycles. The Morgan fingerprint density at radius 2 is 1.93 bits per heavy atom. The van der Waals surface area contributed by atoms with Crippen molar-refractivity contribution < 1.29 is 9.47 Å². The molecule has 14 heavy (non-hydrogen) atoms. The van der Waals surface area contributed by atoms with Gasteiger partial charge in [-0.15, -0.1) is 0 Å². The minimum absolute atomic E-state index is 0.0338. The maximum absolute atomic E-state index is 6.29. The molecule has 2 fully saturated rings. The molecular weight excluding hydrogens is 178 g/mol. The summed E-state index contributed by atoms with van der Waals surface area (Å²) in [6.07, 6.45) is 3.31. The molecule has 0 saturated carbocycles. The third kappa shape index (κ3) is 1.95. The van der Waals surface area contributed by atoms with Gasteiger partial charge < -0.3 is 14.8 Å². The van der Waals surface area contributed by atoms with Crippen molar-refractivity contribution >= 4 is 0 Å². The fourth-order valence-corrected chi connectivity index (χ4v) is 2.25. The van der Waals surface area contributed by atoms with Gasteiger partial charge in [0, 0.05) is 0 Å². The van der Waals surface area contributed by atoms with Crippen LogP contribution in [0.3, 0.4) is 0 Å². The monoisotopic (exact) mass is 199 g/mol. The minimum Gasteiger partial charge on any atom is -0.375 e. The molecule has 0 aromatic carbocycles. The predicted molar refractivity (Wildman–Crippen MR) is 55.4 cm³/mol. The standard InChI is InChI=1S/C11H21NO2/c1-3-11(8-13-9-11)14-10(2)4-6-12-7-5-10/h12H,3-9H2,1-2H3. The lowest BCUT2D eigenvalue weighted by atomic mass is 9.90. The normalized spacial score (nSPS) is 29.6. The molecule has 0 amide bonds. The summed E-state index contributed by atoms with van der Waals surface area (Å²) < 4.78 is 11.6. The molecule has 0 unspecified atom stereocenters. The second-order valence-electron chi connectivity index (χ2n) is 4.83. The van der Waals surface area contributed by atoms with E-state index in [1.807, 2.05) is 0 Å². The van der Waals surface area contributed by atoms with Crippen LogP contribution in [0.15, 0.2) is 0 Å². The third-order valence-corrected chi connectivity index (χ3v) is 3.50. The van der Waals surface area contributed by atoms with E-state index in [0.29, 0.717) is 0 Å². The Balaban J connectivity index is 1.93. The van der Waals surface area contributed by atoms with Gasteiger partial charge in [0.25, 0.3) is 0 Å². The van der Waals surface area contributed by atoms with Crippen LogP contribution in [-0.2, 0) is 9.47 Å². The van der Waals surface area contributed by atoms with Crippen molar-refractivity contribution in [3.63, 3.8) is 0 Å². The highest BCUT2D eigenvalue weighted by molar-refractivity contribution is 4.92. The van der Waals surface area contributed by atoms with Gasteiger partial charge in [0.1, 0.15) is 5.60 Å². The fraction of sp³-hybridized carbons (Fsp3) is 1.00. The van der Waals surface area contributed by atoms with Gasteiger partial charge in [0.05, 0.1) is 18.8 Å². The quantitative estimate of drug-likeness (QED) is 0.743. The van der Waals surface area contributed by atoms with Gasteiger partial charge >= 0.3 is 0 Å². The smallest absolute Gasteiger partial charge is 0.115 e. The van der Waals surface area contributed by atoms with Gasteiger partial charge in [-0.25, -0.2) is 0 Å². The zero-order valence-corrected chi connectivity index (χ0v) is 9.27. The predicted octanol–water partition coefficient (Wildman–Crippen LogP) is 1.32. The van der Waals surface area contributed by atoms with Crippen LogP contribution in [0.1, 0.15) is 33.1 Å². The van der Waals surface area contributed by atoms with Crippen molar-refractivity contribution in [3.8, 4) is 0 Å². The SMILES string of the molecule is CCC1(OC2(C)CCNCC2)COC1. The Bertz CT molecular complexity index is 190. The van der Waals surface area contributed by atoms with Crippen molar-refractivity contribution in [2.24, 2.45) is 0 Å². The summed E-state index contributed by atoms with van der Waals surface area (Å²) in [5, 5.41) is 3.37. The first kappa shape index (κ1) is 10.4. The molecule has 0 bridgehead atoms. The first-order valence-electron chi connectivity index (χ1n) is 5.67. The number of rotatable bonds is 3. The van der Waals surface area contributed by atoms with E-state index in [0.717, 1.165) is 45.6 Å². The van der Waals surface area contributed by atoms with Crippen LogP contribution >= 0.6 is 0 Å². The van der Waals surface area contributed by atoms with Gasteiger partial charge in [0.2, 0.25) is 0 Å². The fourth-order valence-electron chi connectivity index (χ4n) is 2.25. The maximum atomic E-state index is 6.29. The molecule has 0 radical (unpaired) electrons. The summed E-state index contributed by atoms with van der Waals surface area (Å²) in [4.78, 5) is 0. The van der Waals surface area contributed by atoms with Crippen LogP contribution in [-0.4, -0.2) is 37.5 Å². The molecule has 0 aromatic rings. The lowest BCUT2D eigenvalue weighted by molar-refractivity contribution is -0.263. The summed E-state index contributed by atoms with van der Waals surface area (Å²) in [6.45, 7) is 8.16. The van der Waals surface area contributed by atoms with E-state index in [9.17, 15) is 0 Å². The molecule has 3 heteroatoms. The average Bonchev–Trinajstić information content (AvgIpc) is 2.13. The van der Waals surface area contributed by atoms with Gasteiger partial charge in [-0.3, -0.25) is 0 Å². The van der Waals surface area contributed by atoms with Gasteiger partial charge in [-0.2, -0.15) is 0 Å². The van der Waals surface area contributed by atoms with E-state index >= 15 is 0 Å². The van der Waals surface area contributed by atoms with Crippen LogP contribution in [0.25, 0.3) is 0 Å². The highest BCUT2D eigenvalue weighted by Crippen LogP contribution is 2.34. The summed E-state index contributed by atoms with van der Waals surface area (Å²) in [5.74, 6) is 0. The van der Waals surface area contributed by atoms with Crippen molar-refractivity contribution in [1.29, 1.82) is 0 Å². The zero-order chi connectivity index (χ0) is 10.1. The van der Waals surface area contributed by atoms with E-state index in [4.69, 9.17) is 9.47 Å². The van der Waals surface area contributed by atoms with Crippen LogP contribution in [0.4, 0.5) is 0 Å².